The summed E-state index contributed by atoms with van der Waals surface area (Å²) in [4.78, 5) is 0. The molecule has 23 heavy (non-hydrogen) atoms. The maximum atomic E-state index is 11.3. The Bertz CT molecular complexity index is 559. The molecule has 0 aliphatic carbocycles. The smallest absolute Gasteiger partial charge is 0.267 e. The monoisotopic (exact) mass is 373 g/mol. The largest absolute Gasteiger partial charge is 0.485 e. The van der Waals surface area contributed by atoms with Gasteiger partial charge in [0, 0.05) is 46.9 Å². The zero-order chi connectivity index (χ0) is 16.0. The van der Waals surface area contributed by atoms with Crippen molar-refractivity contribution in [1.82, 2.24) is 0 Å². The van der Waals surface area contributed by atoms with Gasteiger partial charge in [0.2, 0.25) is 0 Å². The van der Waals surface area contributed by atoms with Crippen molar-refractivity contribution in [2.24, 2.45) is 0 Å². The molecular weight excluding hydrogens is 351 g/mol. The molecule has 2 heterocycles. The minimum absolute atomic E-state index is 0. The Morgan fingerprint density at radius 1 is 1.39 bits per heavy atom. The second-order valence-electron chi connectivity index (χ2n) is 5.29. The summed E-state index contributed by atoms with van der Waals surface area (Å²) in [5.74, 6) is 1.48. The minimum Gasteiger partial charge on any atom is -0.485 e. The Hall–Kier alpha value is 0.170. The number of rotatable bonds is 9. The van der Waals surface area contributed by atoms with Crippen LogP contribution in [0.2, 0.25) is 0 Å². The molecule has 1 aliphatic rings. The molecule has 1 aliphatic heterocycles. The topological polar surface area (TPSA) is 82.1 Å². The molecule has 1 N–H and O–H groups in total. The molecule has 0 bridgehead atoms. The predicted octanol–water partition coefficient (Wildman–Crippen LogP) is 2.36. The Morgan fingerprint density at radius 2 is 2.13 bits per heavy atom. The van der Waals surface area contributed by atoms with Crippen LogP contribution in [0.15, 0.2) is 10.8 Å². The number of hydrogen-bond acceptors (Lipinski definition) is 6. The van der Waals surface area contributed by atoms with Gasteiger partial charge in [-0.15, -0.1) is 11.3 Å². The van der Waals surface area contributed by atoms with E-state index in [9.17, 15) is 13.0 Å². The van der Waals surface area contributed by atoms with E-state index in [2.05, 4.69) is 0 Å². The fourth-order valence-corrected chi connectivity index (χ4v) is 3.78. The molecule has 0 amide bonds. The van der Waals surface area contributed by atoms with E-state index in [0.717, 1.165) is 24.3 Å². The zero-order valence-corrected chi connectivity index (χ0v) is 17.2. The summed E-state index contributed by atoms with van der Waals surface area (Å²) in [6, 6.07) is 0. The van der Waals surface area contributed by atoms with Crippen LogP contribution in [0, 0.1) is 0 Å². The Balaban J connectivity index is 0.00000264. The molecule has 6 nitrogen and oxygen atoms in total. The predicted molar refractivity (Wildman–Crippen MR) is 90.3 cm³/mol. The second-order valence-corrected chi connectivity index (χ2v) is 7.73. The normalized spacial score (nSPS) is 18.3. The molecule has 9 heteroatoms. The number of fused-ring (bicyclic) bond motifs is 1. The molecule has 2 unspecified atom stereocenters. The van der Waals surface area contributed by atoms with Crippen LogP contribution in [0.1, 0.15) is 32.6 Å². The summed E-state index contributed by atoms with van der Waals surface area (Å²) in [7, 11) is -4.01. The van der Waals surface area contributed by atoms with Gasteiger partial charge in [-0.05, 0) is 12.8 Å². The molecule has 0 aromatic carbocycles. The van der Waals surface area contributed by atoms with Crippen LogP contribution in [-0.2, 0) is 14.9 Å². The van der Waals surface area contributed by atoms with Gasteiger partial charge in [0.25, 0.3) is 10.1 Å². The molecule has 0 saturated carbocycles. The average molecular weight is 373 g/mol. The first-order chi connectivity index (χ1) is 10.5. The van der Waals surface area contributed by atoms with Crippen molar-refractivity contribution >= 4 is 51.0 Å². The third-order valence-electron chi connectivity index (χ3n) is 3.50. The molecule has 2 rings (SSSR count). The molecular formula is C14H22NaO6S2. The van der Waals surface area contributed by atoms with Gasteiger partial charge in [0.1, 0.15) is 6.61 Å². The average Bonchev–Trinajstić information content (AvgIpc) is 2.92. The van der Waals surface area contributed by atoms with E-state index in [0.29, 0.717) is 19.6 Å². The van der Waals surface area contributed by atoms with Gasteiger partial charge in [-0.2, -0.15) is 8.42 Å². The molecule has 0 saturated heterocycles. The summed E-state index contributed by atoms with van der Waals surface area (Å²) in [6.45, 7) is 3.00. The van der Waals surface area contributed by atoms with E-state index in [4.69, 9.17) is 14.2 Å². The third-order valence-corrected chi connectivity index (χ3v) is 5.51. The van der Waals surface area contributed by atoms with Crippen molar-refractivity contribution in [2.45, 2.75) is 44.0 Å². The first kappa shape index (κ1) is 21.2. The van der Waals surface area contributed by atoms with Gasteiger partial charge >= 0.3 is 0 Å². The van der Waals surface area contributed by atoms with Crippen LogP contribution in [0.25, 0.3) is 0 Å². The van der Waals surface area contributed by atoms with Crippen molar-refractivity contribution in [3.63, 3.8) is 0 Å². The van der Waals surface area contributed by atoms with Gasteiger partial charge in [0.15, 0.2) is 17.6 Å². The standard InChI is InChI=1S/C14H22O6S2.Na/c1-2-3-4-12(22(15,16)17)5-6-18-7-11-8-19-13-9-21-10-14(13)20-11;/h9-12H,2-8H2,1H3,(H,15,16,17);. The quantitative estimate of drug-likeness (QED) is 0.407. The summed E-state index contributed by atoms with van der Waals surface area (Å²) >= 11 is 1.51. The first-order valence-electron chi connectivity index (χ1n) is 7.40. The van der Waals surface area contributed by atoms with E-state index in [-0.39, 0.29) is 48.7 Å². The van der Waals surface area contributed by atoms with Crippen LogP contribution < -0.4 is 9.47 Å². The Morgan fingerprint density at radius 3 is 2.83 bits per heavy atom. The molecule has 1 aromatic rings. The fraction of sp³-hybridized carbons (Fsp3) is 0.714. The number of hydrogen-bond donors (Lipinski definition) is 1. The first-order valence-corrected chi connectivity index (χ1v) is 9.85. The summed E-state index contributed by atoms with van der Waals surface area (Å²) in [6.07, 6.45) is 2.21. The molecule has 127 valence electrons. The van der Waals surface area contributed by atoms with Crippen molar-refractivity contribution < 1.29 is 27.2 Å². The summed E-state index contributed by atoms with van der Waals surface area (Å²) in [5.41, 5.74) is 0. The van der Waals surface area contributed by atoms with E-state index < -0.39 is 15.4 Å². The van der Waals surface area contributed by atoms with Crippen molar-refractivity contribution in [2.75, 3.05) is 19.8 Å². The van der Waals surface area contributed by atoms with Gasteiger partial charge < -0.3 is 14.2 Å². The van der Waals surface area contributed by atoms with Crippen LogP contribution in [0.3, 0.4) is 0 Å². The van der Waals surface area contributed by atoms with Crippen LogP contribution in [0.4, 0.5) is 0 Å². The molecule has 2 atom stereocenters. The van der Waals surface area contributed by atoms with Crippen LogP contribution >= 0.6 is 11.3 Å². The molecule has 0 fully saturated rings. The van der Waals surface area contributed by atoms with Crippen LogP contribution in [-0.4, -0.2) is 73.7 Å². The Kier molecular flexibility index (Phi) is 9.43. The fourth-order valence-electron chi connectivity index (χ4n) is 2.25. The van der Waals surface area contributed by atoms with E-state index in [1.54, 1.807) is 0 Å². The van der Waals surface area contributed by atoms with Gasteiger partial charge in [-0.25, -0.2) is 0 Å². The van der Waals surface area contributed by atoms with Gasteiger partial charge in [0.05, 0.1) is 11.9 Å². The SMILES string of the molecule is CCCCC(CCOCC1COc2cscc2O1)S(=O)(=O)O.[Na]. The summed E-state index contributed by atoms with van der Waals surface area (Å²) in [5, 5.41) is 3.01. The van der Waals surface area contributed by atoms with E-state index in [1.165, 1.54) is 11.3 Å². The Labute approximate surface area is 163 Å². The maximum absolute atomic E-state index is 11.3. The molecule has 0 spiro atoms. The zero-order valence-electron chi connectivity index (χ0n) is 13.6. The van der Waals surface area contributed by atoms with Gasteiger partial charge in [-0.3, -0.25) is 4.55 Å². The minimum atomic E-state index is -4.01. The van der Waals surface area contributed by atoms with Crippen molar-refractivity contribution in [3.05, 3.63) is 10.8 Å². The number of thiophene rings is 1. The number of ether oxygens (including phenoxy) is 3. The van der Waals surface area contributed by atoms with E-state index >= 15 is 0 Å². The van der Waals surface area contributed by atoms with Crippen LogP contribution in [0.5, 0.6) is 11.5 Å². The third kappa shape index (κ3) is 6.89. The van der Waals surface area contributed by atoms with E-state index in [1.807, 2.05) is 17.7 Å². The van der Waals surface area contributed by atoms with Gasteiger partial charge in [-0.1, -0.05) is 19.8 Å². The van der Waals surface area contributed by atoms with Crippen molar-refractivity contribution in [1.29, 1.82) is 0 Å². The maximum Gasteiger partial charge on any atom is 0.267 e. The second kappa shape index (κ2) is 10.2. The van der Waals surface area contributed by atoms with Crippen molar-refractivity contribution in [3.8, 4) is 11.5 Å². The molecule has 1 radical (unpaired) electrons. The number of unbranched alkanes of at least 4 members (excludes halogenated alkanes) is 1. The molecule has 1 aromatic heterocycles. The summed E-state index contributed by atoms with van der Waals surface area (Å²) < 4.78 is 48.5.